The lowest BCUT2D eigenvalue weighted by molar-refractivity contribution is -0.160. The number of benzene rings is 1. The Balaban J connectivity index is 1.98. The molecule has 1 aliphatic rings. The molecular formula is C18H25F2NO4. The number of hydroxylamine groups is 1. The van der Waals surface area contributed by atoms with E-state index >= 15 is 0 Å². The monoisotopic (exact) mass is 357 g/mol. The van der Waals surface area contributed by atoms with Crippen molar-refractivity contribution in [2.45, 2.75) is 62.6 Å². The molecule has 1 fully saturated rings. The highest BCUT2D eigenvalue weighted by Gasteiger charge is 2.49. The van der Waals surface area contributed by atoms with E-state index in [9.17, 15) is 23.8 Å². The molecule has 1 saturated carbocycles. The molecule has 1 amide bonds. The highest BCUT2D eigenvalue weighted by atomic mass is 19.3. The lowest BCUT2D eigenvalue weighted by Gasteiger charge is -2.41. The fourth-order valence-corrected chi connectivity index (χ4v) is 3.41. The molecule has 7 heteroatoms. The van der Waals surface area contributed by atoms with Crippen molar-refractivity contribution in [2.24, 2.45) is 5.92 Å². The van der Waals surface area contributed by atoms with Crippen LogP contribution in [0.1, 0.15) is 44.1 Å². The van der Waals surface area contributed by atoms with Crippen LogP contribution in [0.2, 0.25) is 0 Å². The van der Waals surface area contributed by atoms with Crippen LogP contribution < -0.4 is 5.48 Å². The summed E-state index contributed by atoms with van der Waals surface area (Å²) in [5.74, 6) is -4.84. The van der Waals surface area contributed by atoms with Gasteiger partial charge in [0.15, 0.2) is 0 Å². The number of alkyl halides is 2. The van der Waals surface area contributed by atoms with Crippen LogP contribution in [0.25, 0.3) is 0 Å². The predicted molar refractivity (Wildman–Crippen MR) is 87.2 cm³/mol. The van der Waals surface area contributed by atoms with E-state index < -0.39 is 42.3 Å². The van der Waals surface area contributed by atoms with Gasteiger partial charge in [-0.1, -0.05) is 30.3 Å². The molecular weight excluding hydrogens is 332 g/mol. The van der Waals surface area contributed by atoms with E-state index in [-0.39, 0.29) is 19.3 Å². The third-order valence-electron chi connectivity index (χ3n) is 5.04. The lowest BCUT2D eigenvalue weighted by atomic mass is 9.72. The molecule has 5 nitrogen and oxygen atoms in total. The van der Waals surface area contributed by atoms with Crippen molar-refractivity contribution < 1.29 is 29.0 Å². The average Bonchev–Trinajstić information content (AvgIpc) is 2.61. The van der Waals surface area contributed by atoms with Crippen LogP contribution in [0.5, 0.6) is 0 Å². The van der Waals surface area contributed by atoms with Gasteiger partial charge in [0.1, 0.15) is 0 Å². The molecule has 0 aliphatic heterocycles. The zero-order chi connectivity index (χ0) is 18.5. The summed E-state index contributed by atoms with van der Waals surface area (Å²) >= 11 is 0. The lowest BCUT2D eigenvalue weighted by Crippen LogP contribution is -2.51. The quantitative estimate of drug-likeness (QED) is 0.446. The van der Waals surface area contributed by atoms with Crippen molar-refractivity contribution in [3.63, 3.8) is 0 Å². The number of halogens is 2. The highest BCUT2D eigenvalue weighted by Crippen LogP contribution is 2.43. The Hall–Kier alpha value is -1.57. The molecule has 0 unspecified atom stereocenters. The Morgan fingerprint density at radius 2 is 1.76 bits per heavy atom. The number of aliphatic hydroxyl groups is 2. The van der Waals surface area contributed by atoms with Gasteiger partial charge in [0.2, 0.25) is 11.8 Å². The summed E-state index contributed by atoms with van der Waals surface area (Å²) in [6, 6.07) is 9.49. The van der Waals surface area contributed by atoms with Gasteiger partial charge in [0.25, 0.3) is 0 Å². The molecule has 1 aromatic carbocycles. The van der Waals surface area contributed by atoms with Crippen molar-refractivity contribution in [3.05, 3.63) is 35.9 Å². The van der Waals surface area contributed by atoms with Crippen LogP contribution in [0.3, 0.4) is 0 Å². The van der Waals surface area contributed by atoms with Crippen LogP contribution in [-0.4, -0.2) is 39.0 Å². The Labute approximate surface area is 145 Å². The predicted octanol–water partition coefficient (Wildman–Crippen LogP) is 2.43. The van der Waals surface area contributed by atoms with E-state index in [1.54, 1.807) is 0 Å². The summed E-state index contributed by atoms with van der Waals surface area (Å²) in [6.45, 7) is 0. The highest BCUT2D eigenvalue weighted by molar-refractivity contribution is 5.78. The minimum absolute atomic E-state index is 0.0959. The Morgan fingerprint density at radius 1 is 1.16 bits per heavy atom. The maximum absolute atomic E-state index is 13.4. The first-order valence-electron chi connectivity index (χ1n) is 8.52. The number of carbonyl (C=O) groups excluding carboxylic acids is 1. The van der Waals surface area contributed by atoms with E-state index in [1.165, 1.54) is 5.48 Å². The molecule has 140 valence electrons. The fourth-order valence-electron chi connectivity index (χ4n) is 3.41. The summed E-state index contributed by atoms with van der Waals surface area (Å²) in [5, 5.41) is 29.9. The third-order valence-corrected chi connectivity index (χ3v) is 5.04. The molecule has 0 saturated heterocycles. The van der Waals surface area contributed by atoms with Gasteiger partial charge in [0, 0.05) is 12.8 Å². The Morgan fingerprint density at radius 3 is 2.32 bits per heavy atom. The number of rotatable bonds is 7. The van der Waals surface area contributed by atoms with E-state index in [4.69, 9.17) is 5.21 Å². The molecule has 0 heterocycles. The summed E-state index contributed by atoms with van der Waals surface area (Å²) in [6.07, 6.45) is -1.56. The first-order valence-corrected chi connectivity index (χ1v) is 8.52. The molecule has 0 radical (unpaired) electrons. The second kappa shape index (κ2) is 8.21. The van der Waals surface area contributed by atoms with Crippen molar-refractivity contribution in [1.82, 2.24) is 5.48 Å². The molecule has 2 atom stereocenters. The van der Waals surface area contributed by atoms with E-state index in [0.29, 0.717) is 12.8 Å². The summed E-state index contributed by atoms with van der Waals surface area (Å²) in [7, 11) is 0. The largest absolute Gasteiger partial charge is 0.393 e. The molecule has 2 rings (SSSR count). The van der Waals surface area contributed by atoms with Gasteiger partial charge in [-0.05, 0) is 37.7 Å². The van der Waals surface area contributed by atoms with Crippen molar-refractivity contribution >= 4 is 5.91 Å². The number of aliphatic hydroxyl groups excluding tert-OH is 1. The van der Waals surface area contributed by atoms with Crippen LogP contribution >= 0.6 is 0 Å². The number of amides is 1. The van der Waals surface area contributed by atoms with Crippen molar-refractivity contribution in [2.75, 3.05) is 0 Å². The van der Waals surface area contributed by atoms with Crippen molar-refractivity contribution in [1.29, 1.82) is 0 Å². The molecule has 25 heavy (non-hydrogen) atoms. The number of hydrogen-bond donors (Lipinski definition) is 4. The molecule has 0 spiro atoms. The molecule has 1 aromatic rings. The van der Waals surface area contributed by atoms with E-state index in [0.717, 1.165) is 5.56 Å². The first-order chi connectivity index (χ1) is 11.8. The van der Waals surface area contributed by atoms with Crippen LogP contribution in [0.4, 0.5) is 8.78 Å². The minimum atomic E-state index is -2.85. The second-order valence-electron chi connectivity index (χ2n) is 6.90. The normalized spacial score (nSPS) is 21.3. The van der Waals surface area contributed by atoms with Crippen LogP contribution in [0.15, 0.2) is 30.3 Å². The molecule has 0 aromatic heterocycles. The number of carbonyl (C=O) groups is 1. The van der Waals surface area contributed by atoms with Gasteiger partial charge in [-0.2, -0.15) is 0 Å². The van der Waals surface area contributed by atoms with Gasteiger partial charge < -0.3 is 10.2 Å². The third kappa shape index (κ3) is 5.45. The number of nitrogens with one attached hydrogen (secondary N) is 1. The summed E-state index contributed by atoms with van der Waals surface area (Å²) < 4.78 is 26.7. The zero-order valence-electron chi connectivity index (χ0n) is 14.0. The molecule has 1 aliphatic carbocycles. The minimum Gasteiger partial charge on any atom is -0.393 e. The standard InChI is InChI=1S/C18H25F2NO4/c19-18(20)10-8-17(24,9-11-18)15(16(23)21-25)12-14(22)7-6-13-4-2-1-3-5-13/h1-5,14-15,22,24-25H,6-12H2,(H,21,23)/t14-,15+/m0/s1. The maximum Gasteiger partial charge on any atom is 0.249 e. The van der Waals surface area contributed by atoms with Gasteiger partial charge >= 0.3 is 0 Å². The smallest absolute Gasteiger partial charge is 0.249 e. The summed E-state index contributed by atoms with van der Waals surface area (Å²) in [4.78, 5) is 12.0. The zero-order valence-corrected chi connectivity index (χ0v) is 14.0. The Kier molecular flexibility index (Phi) is 6.48. The number of hydrogen-bond acceptors (Lipinski definition) is 4. The Bertz CT molecular complexity index is 557. The van der Waals surface area contributed by atoms with Crippen LogP contribution in [0, 0.1) is 5.92 Å². The fraction of sp³-hybridized carbons (Fsp3) is 0.611. The topological polar surface area (TPSA) is 89.8 Å². The summed E-state index contributed by atoms with van der Waals surface area (Å²) in [5.41, 5.74) is 0.868. The van der Waals surface area contributed by atoms with Gasteiger partial charge in [-0.15, -0.1) is 0 Å². The molecule has 4 N–H and O–H groups in total. The van der Waals surface area contributed by atoms with Crippen molar-refractivity contribution in [3.8, 4) is 0 Å². The first kappa shape index (κ1) is 19.8. The van der Waals surface area contributed by atoms with Gasteiger partial charge in [-0.25, -0.2) is 14.3 Å². The number of aryl methyl sites for hydroxylation is 1. The van der Waals surface area contributed by atoms with E-state index in [1.807, 2.05) is 30.3 Å². The SMILES string of the molecule is O=C(NO)[C@@H](C[C@@H](O)CCc1ccccc1)C1(O)CCC(F)(F)CC1. The van der Waals surface area contributed by atoms with Gasteiger partial charge in [0.05, 0.1) is 17.6 Å². The molecule has 0 bridgehead atoms. The average molecular weight is 357 g/mol. The van der Waals surface area contributed by atoms with Gasteiger partial charge in [-0.3, -0.25) is 10.0 Å². The maximum atomic E-state index is 13.4. The second-order valence-corrected chi connectivity index (χ2v) is 6.90. The van der Waals surface area contributed by atoms with Crippen LogP contribution in [-0.2, 0) is 11.2 Å². The van der Waals surface area contributed by atoms with E-state index in [2.05, 4.69) is 0 Å².